The van der Waals surface area contributed by atoms with Gasteiger partial charge in [0.25, 0.3) is 0 Å². The van der Waals surface area contributed by atoms with Crippen LogP contribution in [0.25, 0.3) is 0 Å². The minimum absolute atomic E-state index is 0.0578. The van der Waals surface area contributed by atoms with Crippen molar-refractivity contribution in [1.29, 1.82) is 0 Å². The van der Waals surface area contributed by atoms with Crippen LogP contribution in [0.4, 0.5) is 0 Å². The summed E-state index contributed by atoms with van der Waals surface area (Å²) in [5.74, 6) is -0.0578. The predicted octanol–water partition coefficient (Wildman–Crippen LogP) is 2.00. The monoisotopic (exact) mass is 211 g/mol. The Labute approximate surface area is 91.6 Å². The molecule has 0 amide bonds. The van der Waals surface area contributed by atoms with Crippen molar-refractivity contribution in [2.45, 2.75) is 70.1 Å². The fourth-order valence-electron chi connectivity index (χ4n) is 2.77. The number of hydrogen-bond donors (Lipinski definition) is 1. The third kappa shape index (κ3) is 2.51. The number of fused-ring (bicyclic) bond motifs is 2. The molecule has 0 atom stereocenters. The van der Waals surface area contributed by atoms with Gasteiger partial charge in [-0.2, -0.15) is 0 Å². The molecule has 2 rings (SSSR count). The molecule has 2 bridgehead atoms. The third-order valence-corrected chi connectivity index (χ3v) is 3.36. The molecule has 0 radical (unpaired) electrons. The second-order valence-corrected chi connectivity index (χ2v) is 5.96. The number of nitrogens with one attached hydrogen (secondary N) is 1. The molecular formula is C12H21NO2. The quantitative estimate of drug-likeness (QED) is 0.710. The van der Waals surface area contributed by atoms with Gasteiger partial charge in [0.2, 0.25) is 0 Å². The molecule has 2 heterocycles. The predicted molar refractivity (Wildman–Crippen MR) is 58.6 cm³/mol. The van der Waals surface area contributed by atoms with Crippen molar-refractivity contribution < 1.29 is 9.53 Å². The third-order valence-electron chi connectivity index (χ3n) is 3.36. The Morgan fingerprint density at radius 2 is 2.00 bits per heavy atom. The van der Waals surface area contributed by atoms with Crippen LogP contribution in [0, 0.1) is 0 Å². The minimum Gasteiger partial charge on any atom is -0.460 e. The molecule has 3 nitrogen and oxygen atoms in total. The lowest BCUT2D eigenvalue weighted by molar-refractivity contribution is -0.156. The van der Waals surface area contributed by atoms with Crippen LogP contribution in [0.1, 0.15) is 52.9 Å². The molecule has 86 valence electrons. The normalized spacial score (nSPS) is 34.5. The summed E-state index contributed by atoms with van der Waals surface area (Å²) in [5.41, 5.74) is -0.280. The van der Waals surface area contributed by atoms with E-state index in [4.69, 9.17) is 4.74 Å². The number of ether oxygens (including phenoxy) is 1. The Hall–Kier alpha value is -0.570. The molecule has 0 unspecified atom stereocenters. The summed E-state index contributed by atoms with van der Waals surface area (Å²) in [6.07, 6.45) is 5.26. The van der Waals surface area contributed by atoms with Crippen molar-refractivity contribution in [3.8, 4) is 0 Å². The zero-order chi connectivity index (χ0) is 11.1. The molecule has 0 aromatic rings. The Morgan fingerprint density at radius 1 is 1.40 bits per heavy atom. The molecule has 0 aromatic carbocycles. The molecule has 0 aliphatic carbocycles. The van der Waals surface area contributed by atoms with Crippen LogP contribution in [0.15, 0.2) is 0 Å². The van der Waals surface area contributed by atoms with E-state index in [1.807, 2.05) is 20.8 Å². The van der Waals surface area contributed by atoms with Gasteiger partial charge in [0.15, 0.2) is 0 Å². The fraction of sp³-hybridized carbons (Fsp3) is 0.917. The van der Waals surface area contributed by atoms with Crippen LogP contribution in [-0.2, 0) is 9.53 Å². The van der Waals surface area contributed by atoms with E-state index in [0.29, 0.717) is 12.5 Å². The number of hydrogen-bond acceptors (Lipinski definition) is 3. The molecule has 15 heavy (non-hydrogen) atoms. The number of carbonyl (C=O) groups is 1. The fourth-order valence-corrected chi connectivity index (χ4v) is 2.77. The summed E-state index contributed by atoms with van der Waals surface area (Å²) >= 11 is 0. The second kappa shape index (κ2) is 3.48. The van der Waals surface area contributed by atoms with E-state index >= 15 is 0 Å². The average molecular weight is 211 g/mol. The number of rotatable bonds is 2. The van der Waals surface area contributed by atoms with Crippen molar-refractivity contribution in [2.75, 3.05) is 0 Å². The highest BCUT2D eigenvalue weighted by Gasteiger charge is 2.45. The summed E-state index contributed by atoms with van der Waals surface area (Å²) in [6, 6.07) is 0.660. The van der Waals surface area contributed by atoms with Crippen LogP contribution in [0.2, 0.25) is 0 Å². The van der Waals surface area contributed by atoms with Gasteiger partial charge in [-0.25, -0.2) is 0 Å². The van der Waals surface area contributed by atoms with Gasteiger partial charge < -0.3 is 10.1 Å². The van der Waals surface area contributed by atoms with Crippen LogP contribution < -0.4 is 5.32 Å². The van der Waals surface area contributed by atoms with E-state index in [1.54, 1.807) is 0 Å². The lowest BCUT2D eigenvalue weighted by Gasteiger charge is -2.27. The van der Waals surface area contributed by atoms with Gasteiger partial charge in [-0.1, -0.05) is 0 Å². The van der Waals surface area contributed by atoms with E-state index in [0.717, 1.165) is 12.8 Å². The molecule has 3 heteroatoms. The van der Waals surface area contributed by atoms with E-state index < -0.39 is 0 Å². The largest absolute Gasteiger partial charge is 0.460 e. The highest BCUT2D eigenvalue weighted by atomic mass is 16.6. The molecule has 2 fully saturated rings. The maximum absolute atomic E-state index is 11.7. The van der Waals surface area contributed by atoms with E-state index in [1.165, 1.54) is 12.8 Å². The first-order chi connectivity index (χ1) is 6.89. The van der Waals surface area contributed by atoms with Crippen molar-refractivity contribution in [3.63, 3.8) is 0 Å². The molecule has 1 N–H and O–H groups in total. The second-order valence-electron chi connectivity index (χ2n) is 5.96. The molecule has 2 aliphatic heterocycles. The average Bonchev–Trinajstić information content (AvgIpc) is 2.58. The standard InChI is InChI=1S/C12H21NO2/c1-11(2,3)15-10(14)8-12-6-4-9(13-12)5-7-12/h9,13H,4-8H2,1-3H3. The summed E-state index contributed by atoms with van der Waals surface area (Å²) in [4.78, 5) is 11.7. The topological polar surface area (TPSA) is 38.3 Å². The van der Waals surface area contributed by atoms with Gasteiger partial charge in [-0.15, -0.1) is 0 Å². The SMILES string of the molecule is CC(C)(C)OC(=O)CC12CCC(CC1)N2. The summed E-state index contributed by atoms with van der Waals surface area (Å²) in [5, 5.41) is 3.56. The Bertz CT molecular complexity index is 259. The summed E-state index contributed by atoms with van der Waals surface area (Å²) < 4.78 is 5.37. The van der Waals surface area contributed by atoms with E-state index in [-0.39, 0.29) is 17.1 Å². The first-order valence-electron chi connectivity index (χ1n) is 5.88. The Morgan fingerprint density at radius 3 is 2.40 bits per heavy atom. The summed E-state index contributed by atoms with van der Waals surface area (Å²) in [7, 11) is 0. The molecule has 0 aromatic heterocycles. The van der Waals surface area contributed by atoms with E-state index in [2.05, 4.69) is 5.32 Å². The lowest BCUT2D eigenvalue weighted by atomic mass is 9.85. The number of esters is 1. The van der Waals surface area contributed by atoms with Crippen molar-refractivity contribution in [1.82, 2.24) is 5.32 Å². The minimum atomic E-state index is -0.357. The zero-order valence-corrected chi connectivity index (χ0v) is 9.93. The van der Waals surface area contributed by atoms with Crippen LogP contribution >= 0.6 is 0 Å². The summed E-state index contributed by atoms with van der Waals surface area (Å²) in [6.45, 7) is 5.76. The molecule has 2 saturated heterocycles. The molecule has 2 aliphatic rings. The number of carbonyl (C=O) groups excluding carboxylic acids is 1. The van der Waals surface area contributed by atoms with Gasteiger partial charge in [0, 0.05) is 11.6 Å². The van der Waals surface area contributed by atoms with Crippen LogP contribution in [-0.4, -0.2) is 23.2 Å². The maximum atomic E-state index is 11.7. The van der Waals surface area contributed by atoms with Crippen molar-refractivity contribution >= 4 is 5.97 Å². The van der Waals surface area contributed by atoms with Gasteiger partial charge in [0.05, 0.1) is 6.42 Å². The molecular weight excluding hydrogens is 190 g/mol. The van der Waals surface area contributed by atoms with Crippen molar-refractivity contribution in [2.24, 2.45) is 0 Å². The van der Waals surface area contributed by atoms with Crippen LogP contribution in [0.3, 0.4) is 0 Å². The van der Waals surface area contributed by atoms with Gasteiger partial charge in [0.1, 0.15) is 5.60 Å². The van der Waals surface area contributed by atoms with Gasteiger partial charge in [-0.05, 0) is 46.5 Å². The smallest absolute Gasteiger partial charge is 0.308 e. The molecule has 0 saturated carbocycles. The first kappa shape index (κ1) is 10.9. The Kier molecular flexibility index (Phi) is 2.53. The Balaban J connectivity index is 1.89. The molecule has 0 spiro atoms. The van der Waals surface area contributed by atoms with E-state index in [9.17, 15) is 4.79 Å². The van der Waals surface area contributed by atoms with Gasteiger partial charge in [-0.3, -0.25) is 4.79 Å². The highest BCUT2D eigenvalue weighted by Crippen LogP contribution is 2.40. The van der Waals surface area contributed by atoms with Crippen molar-refractivity contribution in [3.05, 3.63) is 0 Å². The first-order valence-corrected chi connectivity index (χ1v) is 5.88. The van der Waals surface area contributed by atoms with Gasteiger partial charge >= 0.3 is 5.97 Å². The lowest BCUT2D eigenvalue weighted by Crippen LogP contribution is -2.40. The zero-order valence-electron chi connectivity index (χ0n) is 9.93. The van der Waals surface area contributed by atoms with Crippen LogP contribution in [0.5, 0.6) is 0 Å². The maximum Gasteiger partial charge on any atom is 0.308 e. The highest BCUT2D eigenvalue weighted by molar-refractivity contribution is 5.71.